The van der Waals surface area contributed by atoms with Crippen LogP contribution >= 0.6 is 0 Å². The average Bonchev–Trinajstić information content (AvgIpc) is 2.16. The Bertz CT molecular complexity index is 545. The maximum absolute atomic E-state index is 12.3. The Kier molecular flexibility index (Phi) is 3.94. The number of rotatable bonds is 3. The van der Waals surface area contributed by atoms with E-state index in [0.29, 0.717) is 11.3 Å². The van der Waals surface area contributed by atoms with Gasteiger partial charge >= 0.3 is 0 Å². The zero-order chi connectivity index (χ0) is 13.2. The smallest absolute Gasteiger partial charge is 0.195 e. The number of sulfone groups is 1. The Morgan fingerprint density at radius 3 is 2.06 bits per heavy atom. The fraction of sp³-hybridized carbons (Fsp3) is 0.462. The molecule has 0 aromatic heterocycles. The van der Waals surface area contributed by atoms with E-state index in [9.17, 15) is 8.42 Å². The summed E-state index contributed by atoms with van der Waals surface area (Å²) in [6.07, 6.45) is 0.311. The molecule has 1 aromatic carbocycles. The molecule has 0 bridgehead atoms. The van der Waals surface area contributed by atoms with Crippen molar-refractivity contribution in [1.29, 1.82) is 5.26 Å². The van der Waals surface area contributed by atoms with Gasteiger partial charge in [-0.1, -0.05) is 24.6 Å². The maximum atomic E-state index is 12.3. The van der Waals surface area contributed by atoms with Crippen molar-refractivity contribution in [1.82, 2.24) is 0 Å². The third-order valence-electron chi connectivity index (χ3n) is 2.78. The monoisotopic (exact) mass is 251 g/mol. The lowest BCUT2D eigenvalue weighted by Crippen LogP contribution is -2.20. The molecule has 3 nitrogen and oxygen atoms in total. The SMILES string of the molecule is CCC(C#N)S(=O)(=O)c1c(C)cc(C)cc1C. The van der Waals surface area contributed by atoms with E-state index in [1.54, 1.807) is 20.8 Å². The summed E-state index contributed by atoms with van der Waals surface area (Å²) in [6, 6.07) is 5.55. The molecule has 1 atom stereocenters. The molecule has 0 spiro atoms. The summed E-state index contributed by atoms with van der Waals surface area (Å²) in [4.78, 5) is 0.316. The van der Waals surface area contributed by atoms with Crippen LogP contribution in [0.2, 0.25) is 0 Å². The topological polar surface area (TPSA) is 57.9 Å². The number of hydrogen-bond donors (Lipinski definition) is 0. The van der Waals surface area contributed by atoms with Gasteiger partial charge < -0.3 is 0 Å². The minimum absolute atomic E-state index is 0.311. The summed E-state index contributed by atoms with van der Waals surface area (Å²) in [7, 11) is -3.54. The molecule has 0 amide bonds. The van der Waals surface area contributed by atoms with Gasteiger partial charge in [-0.05, 0) is 38.3 Å². The van der Waals surface area contributed by atoms with Gasteiger partial charge in [-0.25, -0.2) is 8.42 Å². The Labute approximate surface area is 103 Å². The van der Waals surface area contributed by atoms with Gasteiger partial charge in [-0.2, -0.15) is 5.26 Å². The number of benzene rings is 1. The molecule has 0 saturated carbocycles. The highest BCUT2D eigenvalue weighted by molar-refractivity contribution is 7.92. The summed E-state index contributed by atoms with van der Waals surface area (Å²) in [5, 5.41) is 7.97. The zero-order valence-corrected chi connectivity index (χ0v) is 11.4. The van der Waals surface area contributed by atoms with E-state index in [4.69, 9.17) is 5.26 Å². The number of nitrogens with zero attached hydrogens (tertiary/aromatic N) is 1. The van der Waals surface area contributed by atoms with Gasteiger partial charge in [0.2, 0.25) is 0 Å². The third-order valence-corrected chi connectivity index (χ3v) is 5.18. The van der Waals surface area contributed by atoms with Crippen molar-refractivity contribution in [2.75, 3.05) is 0 Å². The van der Waals surface area contributed by atoms with Gasteiger partial charge in [0.1, 0.15) is 0 Å². The Hall–Kier alpha value is -1.34. The van der Waals surface area contributed by atoms with E-state index < -0.39 is 15.1 Å². The number of nitriles is 1. The van der Waals surface area contributed by atoms with Crippen LogP contribution in [0.3, 0.4) is 0 Å². The minimum Gasteiger partial charge on any atom is -0.222 e. The molecule has 0 fully saturated rings. The highest BCUT2D eigenvalue weighted by Gasteiger charge is 2.28. The molecule has 92 valence electrons. The van der Waals surface area contributed by atoms with Crippen molar-refractivity contribution in [3.05, 3.63) is 28.8 Å². The Morgan fingerprint density at radius 2 is 1.71 bits per heavy atom. The fourth-order valence-corrected chi connectivity index (χ4v) is 4.02. The molecule has 0 N–H and O–H groups in total. The molecule has 0 saturated heterocycles. The van der Waals surface area contributed by atoms with Crippen molar-refractivity contribution in [2.45, 2.75) is 44.3 Å². The van der Waals surface area contributed by atoms with Crippen molar-refractivity contribution < 1.29 is 8.42 Å². The van der Waals surface area contributed by atoms with Crippen LogP contribution < -0.4 is 0 Å². The van der Waals surface area contributed by atoms with E-state index in [0.717, 1.165) is 16.7 Å². The second kappa shape index (κ2) is 4.89. The van der Waals surface area contributed by atoms with E-state index in [-0.39, 0.29) is 0 Å². The molecule has 1 unspecified atom stereocenters. The first-order valence-corrected chi connectivity index (χ1v) is 7.10. The zero-order valence-electron chi connectivity index (χ0n) is 10.6. The summed E-state index contributed by atoms with van der Waals surface area (Å²) < 4.78 is 24.6. The molecule has 1 rings (SSSR count). The highest BCUT2D eigenvalue weighted by Crippen LogP contribution is 2.26. The van der Waals surface area contributed by atoms with E-state index in [1.807, 2.05) is 25.1 Å². The first-order valence-electron chi connectivity index (χ1n) is 5.56. The quantitative estimate of drug-likeness (QED) is 0.830. The van der Waals surface area contributed by atoms with Crippen molar-refractivity contribution in [2.24, 2.45) is 0 Å². The lowest BCUT2D eigenvalue weighted by atomic mass is 10.1. The van der Waals surface area contributed by atoms with Crippen LogP contribution in [-0.4, -0.2) is 13.7 Å². The Balaban J connectivity index is 3.51. The second-order valence-electron chi connectivity index (χ2n) is 4.30. The molecule has 17 heavy (non-hydrogen) atoms. The van der Waals surface area contributed by atoms with E-state index in [1.165, 1.54) is 0 Å². The van der Waals surface area contributed by atoms with Crippen LogP contribution in [0, 0.1) is 32.1 Å². The first kappa shape index (κ1) is 13.7. The first-order chi connectivity index (χ1) is 7.84. The van der Waals surface area contributed by atoms with Gasteiger partial charge in [0, 0.05) is 0 Å². The summed E-state index contributed by atoms with van der Waals surface area (Å²) >= 11 is 0. The molecule has 0 aliphatic heterocycles. The van der Waals surface area contributed by atoms with Crippen molar-refractivity contribution in [3.8, 4) is 6.07 Å². The van der Waals surface area contributed by atoms with Gasteiger partial charge in [0.05, 0.1) is 11.0 Å². The van der Waals surface area contributed by atoms with E-state index in [2.05, 4.69) is 0 Å². The summed E-state index contributed by atoms with van der Waals surface area (Å²) in [5.41, 5.74) is 2.47. The summed E-state index contributed by atoms with van der Waals surface area (Å²) in [5.74, 6) is 0. The molecule has 0 heterocycles. The lowest BCUT2D eigenvalue weighted by molar-refractivity contribution is 0.586. The molecule has 0 aliphatic carbocycles. The van der Waals surface area contributed by atoms with Gasteiger partial charge in [0.15, 0.2) is 15.1 Å². The van der Waals surface area contributed by atoms with Crippen LogP contribution in [-0.2, 0) is 9.84 Å². The highest BCUT2D eigenvalue weighted by atomic mass is 32.2. The predicted molar refractivity (Wildman–Crippen MR) is 67.5 cm³/mol. The lowest BCUT2D eigenvalue weighted by Gasteiger charge is -2.14. The standard InChI is InChI=1S/C13H17NO2S/c1-5-12(8-14)17(15,16)13-10(3)6-9(2)7-11(13)4/h6-7,12H,5H2,1-4H3. The third kappa shape index (κ3) is 2.50. The molecule has 0 radical (unpaired) electrons. The average molecular weight is 251 g/mol. The molecule has 1 aromatic rings. The number of aryl methyl sites for hydroxylation is 3. The Morgan fingerprint density at radius 1 is 1.24 bits per heavy atom. The van der Waals surface area contributed by atoms with Crippen LogP contribution in [0.4, 0.5) is 0 Å². The second-order valence-corrected chi connectivity index (χ2v) is 6.37. The van der Waals surface area contributed by atoms with Gasteiger partial charge in [-0.3, -0.25) is 0 Å². The van der Waals surface area contributed by atoms with Crippen molar-refractivity contribution >= 4 is 9.84 Å². The largest absolute Gasteiger partial charge is 0.222 e. The normalized spacial score (nSPS) is 13.1. The van der Waals surface area contributed by atoms with Crippen molar-refractivity contribution in [3.63, 3.8) is 0 Å². The van der Waals surface area contributed by atoms with Crippen LogP contribution in [0.1, 0.15) is 30.0 Å². The predicted octanol–water partition coefficient (Wildman–Crippen LogP) is 2.69. The minimum atomic E-state index is -3.54. The van der Waals surface area contributed by atoms with Crippen LogP contribution in [0.5, 0.6) is 0 Å². The van der Waals surface area contributed by atoms with E-state index >= 15 is 0 Å². The fourth-order valence-electron chi connectivity index (χ4n) is 2.14. The summed E-state index contributed by atoms with van der Waals surface area (Å²) in [6.45, 7) is 7.19. The number of hydrogen-bond acceptors (Lipinski definition) is 3. The molecular formula is C13H17NO2S. The van der Waals surface area contributed by atoms with Crippen LogP contribution in [0.25, 0.3) is 0 Å². The molecular weight excluding hydrogens is 234 g/mol. The van der Waals surface area contributed by atoms with Gasteiger partial charge in [-0.15, -0.1) is 0 Å². The molecule has 0 aliphatic rings. The maximum Gasteiger partial charge on any atom is 0.195 e. The molecule has 4 heteroatoms. The van der Waals surface area contributed by atoms with Crippen LogP contribution in [0.15, 0.2) is 17.0 Å². The van der Waals surface area contributed by atoms with Gasteiger partial charge in [0.25, 0.3) is 0 Å².